The maximum absolute atomic E-state index is 13.3. The van der Waals surface area contributed by atoms with E-state index in [0.717, 1.165) is 36.9 Å². The molecular formula is C21H23ClN2O2. The van der Waals surface area contributed by atoms with E-state index >= 15 is 0 Å². The van der Waals surface area contributed by atoms with Crippen molar-refractivity contribution in [2.45, 2.75) is 44.1 Å². The number of aryl methyl sites for hydroxylation is 1. The number of ether oxygens (including phenoxy) is 1. The van der Waals surface area contributed by atoms with Crippen molar-refractivity contribution in [2.24, 2.45) is 0 Å². The minimum absolute atomic E-state index is 0.0249. The molecule has 0 unspecified atom stereocenters. The van der Waals surface area contributed by atoms with Crippen LogP contribution in [0.2, 0.25) is 5.02 Å². The molecule has 4 rings (SSSR count). The van der Waals surface area contributed by atoms with E-state index in [-0.39, 0.29) is 12.0 Å². The Balaban J connectivity index is 1.44. The molecule has 26 heavy (non-hydrogen) atoms. The van der Waals surface area contributed by atoms with Crippen molar-refractivity contribution >= 4 is 17.5 Å². The van der Waals surface area contributed by atoms with E-state index in [9.17, 15) is 4.79 Å². The van der Waals surface area contributed by atoms with Gasteiger partial charge in [-0.15, -0.1) is 0 Å². The molecule has 0 spiro atoms. The summed E-state index contributed by atoms with van der Waals surface area (Å²) in [5, 5.41) is 0.706. The Morgan fingerprint density at radius 3 is 2.50 bits per heavy atom. The Kier molecular flexibility index (Phi) is 4.62. The third-order valence-electron chi connectivity index (χ3n) is 5.55. The minimum Gasteiger partial charge on any atom is -0.471 e. The highest BCUT2D eigenvalue weighted by Gasteiger charge is 2.48. The first kappa shape index (κ1) is 17.3. The van der Waals surface area contributed by atoms with E-state index in [1.54, 1.807) is 0 Å². The zero-order valence-electron chi connectivity index (χ0n) is 15.0. The van der Waals surface area contributed by atoms with Crippen LogP contribution in [0, 0.1) is 6.92 Å². The molecule has 5 heteroatoms. The second kappa shape index (κ2) is 6.92. The highest BCUT2D eigenvalue weighted by Crippen LogP contribution is 2.43. The number of carbonyl (C=O) groups excluding carboxylic acids is 1. The minimum atomic E-state index is -0.392. The van der Waals surface area contributed by atoms with Crippen LogP contribution in [-0.2, 0) is 10.2 Å². The van der Waals surface area contributed by atoms with Crippen LogP contribution in [0.5, 0.6) is 5.88 Å². The van der Waals surface area contributed by atoms with E-state index in [0.29, 0.717) is 24.0 Å². The number of carbonyl (C=O) groups is 1. The summed E-state index contributed by atoms with van der Waals surface area (Å²) in [4.78, 5) is 19.6. The lowest BCUT2D eigenvalue weighted by atomic mass is 9.77. The Labute approximate surface area is 159 Å². The van der Waals surface area contributed by atoms with Crippen LogP contribution in [-0.4, -0.2) is 35.0 Å². The highest BCUT2D eigenvalue weighted by molar-refractivity contribution is 6.30. The lowest BCUT2D eigenvalue weighted by Crippen LogP contribution is -2.60. The van der Waals surface area contributed by atoms with Gasteiger partial charge in [0.2, 0.25) is 11.8 Å². The Bertz CT molecular complexity index is 794. The monoisotopic (exact) mass is 370 g/mol. The van der Waals surface area contributed by atoms with E-state index in [4.69, 9.17) is 16.3 Å². The smallest absolute Gasteiger partial charge is 0.233 e. The van der Waals surface area contributed by atoms with Crippen LogP contribution in [0.4, 0.5) is 0 Å². The average molecular weight is 371 g/mol. The zero-order chi connectivity index (χ0) is 18.1. The zero-order valence-corrected chi connectivity index (χ0v) is 15.7. The number of pyridine rings is 1. The van der Waals surface area contributed by atoms with Gasteiger partial charge in [0, 0.05) is 16.8 Å². The second-order valence-electron chi connectivity index (χ2n) is 7.36. The lowest BCUT2D eigenvalue weighted by molar-refractivity contribution is -0.146. The molecule has 1 aromatic heterocycles. The number of aromatic nitrogens is 1. The van der Waals surface area contributed by atoms with Gasteiger partial charge in [-0.25, -0.2) is 4.98 Å². The lowest BCUT2D eigenvalue weighted by Gasteiger charge is -2.43. The van der Waals surface area contributed by atoms with Crippen molar-refractivity contribution in [1.29, 1.82) is 0 Å². The van der Waals surface area contributed by atoms with Gasteiger partial charge in [-0.1, -0.05) is 42.6 Å². The van der Waals surface area contributed by atoms with Crippen molar-refractivity contribution in [3.05, 3.63) is 58.7 Å². The highest BCUT2D eigenvalue weighted by atomic mass is 35.5. The fourth-order valence-corrected chi connectivity index (χ4v) is 4.24. The first-order valence-corrected chi connectivity index (χ1v) is 9.60. The number of amides is 1. The van der Waals surface area contributed by atoms with Crippen LogP contribution >= 0.6 is 11.6 Å². The van der Waals surface area contributed by atoms with Gasteiger partial charge in [0.15, 0.2) is 0 Å². The van der Waals surface area contributed by atoms with Gasteiger partial charge in [0.05, 0.1) is 18.5 Å². The van der Waals surface area contributed by atoms with E-state index < -0.39 is 5.41 Å². The summed E-state index contributed by atoms with van der Waals surface area (Å²) in [5.41, 5.74) is 1.63. The van der Waals surface area contributed by atoms with Crippen molar-refractivity contribution in [1.82, 2.24) is 9.88 Å². The van der Waals surface area contributed by atoms with Gasteiger partial charge in [-0.2, -0.15) is 0 Å². The summed E-state index contributed by atoms with van der Waals surface area (Å²) < 4.78 is 5.91. The largest absolute Gasteiger partial charge is 0.471 e. The quantitative estimate of drug-likeness (QED) is 0.812. The summed E-state index contributed by atoms with van der Waals surface area (Å²) >= 11 is 6.03. The molecule has 1 aliphatic heterocycles. The molecular weight excluding hydrogens is 348 g/mol. The molecule has 2 aromatic rings. The Hall–Kier alpha value is -2.07. The molecule has 0 N–H and O–H groups in total. The van der Waals surface area contributed by atoms with Gasteiger partial charge < -0.3 is 9.64 Å². The fraction of sp³-hybridized carbons (Fsp3) is 0.429. The number of hydrogen-bond donors (Lipinski definition) is 0. The second-order valence-corrected chi connectivity index (χ2v) is 7.80. The number of hydrogen-bond acceptors (Lipinski definition) is 3. The van der Waals surface area contributed by atoms with E-state index in [1.165, 1.54) is 0 Å². The first-order chi connectivity index (χ1) is 12.6. The van der Waals surface area contributed by atoms with E-state index in [2.05, 4.69) is 4.98 Å². The predicted molar refractivity (Wildman–Crippen MR) is 102 cm³/mol. The summed E-state index contributed by atoms with van der Waals surface area (Å²) in [5.74, 6) is 0.866. The van der Waals surface area contributed by atoms with Crippen LogP contribution in [0.25, 0.3) is 0 Å². The van der Waals surface area contributed by atoms with Gasteiger partial charge in [0.1, 0.15) is 6.10 Å². The molecule has 1 aliphatic carbocycles. The number of benzene rings is 1. The van der Waals surface area contributed by atoms with Gasteiger partial charge >= 0.3 is 0 Å². The van der Waals surface area contributed by atoms with Gasteiger partial charge in [0.25, 0.3) is 0 Å². The molecule has 2 fully saturated rings. The number of halogens is 1. The Morgan fingerprint density at radius 1 is 1.15 bits per heavy atom. The molecule has 1 aromatic carbocycles. The molecule has 0 radical (unpaired) electrons. The molecule has 136 valence electrons. The number of likely N-dealkylation sites (tertiary alicyclic amines) is 1. The average Bonchev–Trinajstić information content (AvgIpc) is 3.09. The van der Waals surface area contributed by atoms with Gasteiger partial charge in [-0.05, 0) is 43.5 Å². The molecule has 2 aliphatic rings. The van der Waals surface area contributed by atoms with Crippen LogP contribution in [0.3, 0.4) is 0 Å². The van der Waals surface area contributed by atoms with Crippen LogP contribution in [0.1, 0.15) is 36.9 Å². The SMILES string of the molecule is Cc1cccc(OC2CN(C(=O)C3(c4ccc(Cl)cc4)CCCC3)C2)n1. The van der Waals surface area contributed by atoms with Crippen LogP contribution in [0.15, 0.2) is 42.5 Å². The number of rotatable bonds is 4. The maximum Gasteiger partial charge on any atom is 0.233 e. The van der Waals surface area contributed by atoms with E-state index in [1.807, 2.05) is 54.3 Å². The standard InChI is InChI=1S/C21H23ClN2O2/c1-15-5-4-6-19(23-15)26-18-13-24(14-18)20(25)21(11-2-3-12-21)16-7-9-17(22)10-8-16/h4-10,18H,2-3,11-14H2,1H3. The van der Waals surface area contributed by atoms with Crippen molar-refractivity contribution < 1.29 is 9.53 Å². The molecule has 4 nitrogen and oxygen atoms in total. The summed E-state index contributed by atoms with van der Waals surface area (Å²) in [6, 6.07) is 13.5. The predicted octanol–water partition coefficient (Wildman–Crippen LogP) is 4.15. The molecule has 0 atom stereocenters. The fourth-order valence-electron chi connectivity index (χ4n) is 4.11. The molecule has 1 amide bonds. The molecule has 1 saturated heterocycles. The third kappa shape index (κ3) is 3.18. The summed E-state index contributed by atoms with van der Waals surface area (Å²) in [6.07, 6.45) is 4.03. The molecule has 0 bridgehead atoms. The van der Waals surface area contributed by atoms with Crippen molar-refractivity contribution in [3.8, 4) is 5.88 Å². The van der Waals surface area contributed by atoms with Crippen molar-refractivity contribution in [3.63, 3.8) is 0 Å². The number of nitrogens with zero attached hydrogens (tertiary/aromatic N) is 2. The maximum atomic E-state index is 13.3. The molecule has 2 heterocycles. The van der Waals surface area contributed by atoms with Gasteiger partial charge in [-0.3, -0.25) is 4.79 Å². The summed E-state index contributed by atoms with van der Waals surface area (Å²) in [6.45, 7) is 3.20. The Morgan fingerprint density at radius 2 is 1.85 bits per heavy atom. The third-order valence-corrected chi connectivity index (χ3v) is 5.80. The van der Waals surface area contributed by atoms with Crippen molar-refractivity contribution in [2.75, 3.05) is 13.1 Å². The molecule has 1 saturated carbocycles. The first-order valence-electron chi connectivity index (χ1n) is 9.23. The topological polar surface area (TPSA) is 42.4 Å². The normalized spacial score (nSPS) is 19.2. The van der Waals surface area contributed by atoms with Crippen LogP contribution < -0.4 is 4.74 Å². The summed E-state index contributed by atoms with van der Waals surface area (Å²) in [7, 11) is 0.